The zero-order chi connectivity index (χ0) is 8.15. The Balaban J connectivity index is 4.23. The van der Waals surface area contributed by atoms with E-state index >= 15 is 0 Å². The van der Waals surface area contributed by atoms with Crippen molar-refractivity contribution in [1.82, 2.24) is 5.32 Å². The number of likely N-dealkylation sites (N-methyl/N-ethyl adjacent to an activating group) is 1. The van der Waals surface area contributed by atoms with Crippen molar-refractivity contribution >= 4 is 0 Å². The van der Waals surface area contributed by atoms with Gasteiger partial charge in [-0.3, -0.25) is 0 Å². The predicted molar refractivity (Wildman–Crippen MR) is 46.8 cm³/mol. The summed E-state index contributed by atoms with van der Waals surface area (Å²) in [6.45, 7) is 11.7. The highest BCUT2D eigenvalue weighted by Gasteiger charge is 1.97. The maximum absolute atomic E-state index is 3.87. The molecule has 1 N–H and O–H groups in total. The van der Waals surface area contributed by atoms with Crippen LogP contribution in [0.4, 0.5) is 0 Å². The number of hydrogen-bond donors (Lipinski definition) is 1. The van der Waals surface area contributed by atoms with Gasteiger partial charge >= 0.3 is 0 Å². The van der Waals surface area contributed by atoms with Gasteiger partial charge in [-0.15, -0.1) is 0 Å². The van der Waals surface area contributed by atoms with Crippen LogP contribution in [0, 0.1) is 0 Å². The third kappa shape index (κ3) is 2.09. The zero-order valence-electron chi connectivity index (χ0n) is 6.99. The molecule has 0 rings (SSSR count). The van der Waals surface area contributed by atoms with Crippen molar-refractivity contribution < 1.29 is 0 Å². The van der Waals surface area contributed by atoms with Gasteiger partial charge in [0.1, 0.15) is 0 Å². The Bertz CT molecular complexity index is 175. The predicted octanol–water partition coefficient (Wildman–Crippen LogP) is 2.24. The summed E-state index contributed by atoms with van der Waals surface area (Å²) in [7, 11) is 1.84. The fourth-order valence-corrected chi connectivity index (χ4v) is 0.563. The lowest BCUT2D eigenvalue weighted by atomic mass is 10.1. The molecular formula is C9H15N. The van der Waals surface area contributed by atoms with Crippen LogP contribution in [-0.4, -0.2) is 7.05 Å². The molecule has 0 bridgehead atoms. The monoisotopic (exact) mass is 137 g/mol. The molecule has 0 saturated carbocycles. The van der Waals surface area contributed by atoms with E-state index in [9.17, 15) is 0 Å². The summed E-state index contributed by atoms with van der Waals surface area (Å²) in [5.41, 5.74) is 3.03. The van der Waals surface area contributed by atoms with Crippen LogP contribution in [0.3, 0.4) is 0 Å². The Morgan fingerprint density at radius 2 is 1.90 bits per heavy atom. The maximum Gasteiger partial charge on any atom is 0.0334 e. The molecule has 0 spiro atoms. The Morgan fingerprint density at radius 1 is 1.40 bits per heavy atom. The Labute approximate surface area is 63.1 Å². The summed E-state index contributed by atoms with van der Waals surface area (Å²) in [5, 5.41) is 2.95. The van der Waals surface area contributed by atoms with E-state index in [4.69, 9.17) is 0 Å². The summed E-state index contributed by atoms with van der Waals surface area (Å²) in [4.78, 5) is 0. The van der Waals surface area contributed by atoms with E-state index in [0.29, 0.717) is 0 Å². The van der Waals surface area contributed by atoms with Gasteiger partial charge in [0, 0.05) is 12.7 Å². The van der Waals surface area contributed by atoms with Crippen LogP contribution in [0.2, 0.25) is 0 Å². The summed E-state index contributed by atoms with van der Waals surface area (Å²) in [5.74, 6) is 0. The van der Waals surface area contributed by atoms with Crippen molar-refractivity contribution in [2.75, 3.05) is 7.05 Å². The molecule has 56 valence electrons. The molecule has 0 aromatic heterocycles. The van der Waals surface area contributed by atoms with Crippen molar-refractivity contribution in [2.45, 2.75) is 13.8 Å². The first-order valence-corrected chi connectivity index (χ1v) is 3.32. The number of hydrogen-bond acceptors (Lipinski definition) is 1. The molecule has 0 heterocycles. The number of allylic oxidation sites excluding steroid dienone is 2. The van der Waals surface area contributed by atoms with Crippen molar-refractivity contribution in [1.29, 1.82) is 0 Å². The first-order chi connectivity index (χ1) is 4.63. The SMILES string of the molecule is C=C(NC)C(=C)/C(C)=C\C. The van der Waals surface area contributed by atoms with Gasteiger partial charge in [-0.05, 0) is 25.0 Å². The van der Waals surface area contributed by atoms with Crippen molar-refractivity contribution in [3.8, 4) is 0 Å². The molecule has 10 heavy (non-hydrogen) atoms. The second-order valence-electron chi connectivity index (χ2n) is 2.18. The highest BCUT2D eigenvalue weighted by Crippen LogP contribution is 2.11. The summed E-state index contributed by atoms with van der Waals surface area (Å²) in [6.07, 6.45) is 2.02. The maximum atomic E-state index is 3.87. The van der Waals surface area contributed by atoms with Gasteiger partial charge in [0.05, 0.1) is 0 Å². The molecule has 0 fully saturated rings. The molecule has 0 aromatic carbocycles. The third-order valence-corrected chi connectivity index (χ3v) is 1.58. The molecule has 0 aliphatic carbocycles. The summed E-state index contributed by atoms with van der Waals surface area (Å²) in [6, 6.07) is 0. The Hall–Kier alpha value is -0.980. The molecule has 0 saturated heterocycles. The second kappa shape index (κ2) is 3.94. The van der Waals surface area contributed by atoms with Crippen molar-refractivity contribution in [3.05, 3.63) is 36.1 Å². The molecule has 0 unspecified atom stereocenters. The fourth-order valence-electron chi connectivity index (χ4n) is 0.563. The van der Waals surface area contributed by atoms with Gasteiger partial charge in [0.15, 0.2) is 0 Å². The topological polar surface area (TPSA) is 12.0 Å². The normalized spacial score (nSPS) is 10.9. The van der Waals surface area contributed by atoms with Crippen molar-refractivity contribution in [2.24, 2.45) is 0 Å². The Morgan fingerprint density at radius 3 is 2.20 bits per heavy atom. The number of rotatable bonds is 3. The average molecular weight is 137 g/mol. The largest absolute Gasteiger partial charge is 0.388 e. The van der Waals surface area contributed by atoms with Gasteiger partial charge in [-0.25, -0.2) is 0 Å². The third-order valence-electron chi connectivity index (χ3n) is 1.58. The van der Waals surface area contributed by atoms with Gasteiger partial charge in [-0.2, -0.15) is 0 Å². The number of nitrogens with one attached hydrogen (secondary N) is 1. The lowest BCUT2D eigenvalue weighted by Gasteiger charge is -2.07. The highest BCUT2D eigenvalue weighted by molar-refractivity contribution is 5.40. The first kappa shape index (κ1) is 9.02. The molecule has 1 nitrogen and oxygen atoms in total. The minimum absolute atomic E-state index is 0.885. The lowest BCUT2D eigenvalue weighted by Crippen LogP contribution is -2.06. The molecule has 1 heteroatoms. The molecule has 0 aliphatic heterocycles. The average Bonchev–Trinajstić information content (AvgIpc) is 2.00. The van der Waals surface area contributed by atoms with E-state index in [0.717, 1.165) is 11.3 Å². The van der Waals surface area contributed by atoms with Crippen LogP contribution >= 0.6 is 0 Å². The molecule has 0 atom stereocenters. The van der Waals surface area contributed by atoms with E-state index in [1.165, 1.54) is 5.57 Å². The van der Waals surface area contributed by atoms with Gasteiger partial charge < -0.3 is 5.32 Å². The second-order valence-corrected chi connectivity index (χ2v) is 2.18. The van der Waals surface area contributed by atoms with E-state index < -0.39 is 0 Å². The van der Waals surface area contributed by atoms with Gasteiger partial charge in [0.25, 0.3) is 0 Å². The minimum atomic E-state index is 0.885. The van der Waals surface area contributed by atoms with E-state index in [1.807, 2.05) is 27.0 Å². The van der Waals surface area contributed by atoms with Crippen LogP contribution in [0.5, 0.6) is 0 Å². The molecule has 0 radical (unpaired) electrons. The van der Waals surface area contributed by atoms with Crippen LogP contribution in [-0.2, 0) is 0 Å². The minimum Gasteiger partial charge on any atom is -0.388 e. The van der Waals surface area contributed by atoms with E-state index in [-0.39, 0.29) is 0 Å². The molecule has 0 amide bonds. The standard InChI is InChI=1S/C9H15N/c1-6-7(2)8(3)9(4)10-5/h6,10H,3-4H2,1-2,5H3/b7-6-. The quantitative estimate of drug-likeness (QED) is 0.588. The van der Waals surface area contributed by atoms with E-state index in [1.54, 1.807) is 0 Å². The summed E-state index contributed by atoms with van der Waals surface area (Å²) >= 11 is 0. The van der Waals surface area contributed by atoms with Gasteiger partial charge in [0.2, 0.25) is 0 Å². The van der Waals surface area contributed by atoms with Crippen molar-refractivity contribution in [3.63, 3.8) is 0 Å². The molecule has 0 aromatic rings. The lowest BCUT2D eigenvalue weighted by molar-refractivity contribution is 1.01. The van der Waals surface area contributed by atoms with Crippen LogP contribution in [0.15, 0.2) is 36.1 Å². The molecular weight excluding hydrogens is 122 g/mol. The van der Waals surface area contributed by atoms with E-state index in [2.05, 4.69) is 18.5 Å². The van der Waals surface area contributed by atoms with Crippen LogP contribution in [0.25, 0.3) is 0 Å². The zero-order valence-corrected chi connectivity index (χ0v) is 6.99. The molecule has 0 aliphatic rings. The fraction of sp³-hybridized carbons (Fsp3) is 0.333. The highest BCUT2D eigenvalue weighted by atomic mass is 14.8. The first-order valence-electron chi connectivity index (χ1n) is 3.32. The smallest absolute Gasteiger partial charge is 0.0334 e. The van der Waals surface area contributed by atoms with Crippen LogP contribution in [0.1, 0.15) is 13.8 Å². The Kier molecular flexibility index (Phi) is 3.55. The van der Waals surface area contributed by atoms with Crippen LogP contribution < -0.4 is 5.32 Å². The van der Waals surface area contributed by atoms with Gasteiger partial charge in [-0.1, -0.05) is 19.2 Å². The summed E-state index contributed by atoms with van der Waals surface area (Å²) < 4.78 is 0.